The van der Waals surface area contributed by atoms with Gasteiger partial charge in [-0.25, -0.2) is 18.2 Å². The summed E-state index contributed by atoms with van der Waals surface area (Å²) in [4.78, 5) is 18.5. The summed E-state index contributed by atoms with van der Waals surface area (Å²) in [5.74, 6) is -0.0221. The molecule has 4 rings (SSSR count). The Morgan fingerprint density at radius 3 is 2.39 bits per heavy atom. The van der Waals surface area contributed by atoms with Gasteiger partial charge in [-0.1, -0.05) is 53.8 Å². The summed E-state index contributed by atoms with van der Waals surface area (Å²) in [6, 6.07) is 16.6. The Morgan fingerprint density at radius 1 is 1.00 bits per heavy atom. The highest BCUT2D eigenvalue weighted by Gasteiger charge is 2.29. The lowest BCUT2D eigenvalue weighted by molar-refractivity contribution is 0.184. The topological polar surface area (TPSA) is 82.6 Å². The summed E-state index contributed by atoms with van der Waals surface area (Å²) in [6.07, 6.45) is 0. The molecule has 2 aromatic carbocycles. The number of nitrogens with zero attached hydrogens (tertiary/aromatic N) is 3. The number of sulfonamides is 1. The van der Waals surface area contributed by atoms with Crippen LogP contribution in [-0.4, -0.2) is 54.8 Å². The van der Waals surface area contributed by atoms with Crippen LogP contribution < -0.4 is 5.32 Å². The smallest absolute Gasteiger partial charge is 0.322 e. The molecular weight excluding hydrogens is 396 g/mol. The minimum Gasteiger partial charge on any atom is -0.322 e. The number of amides is 2. The second-order valence-corrected chi connectivity index (χ2v) is 9.54. The van der Waals surface area contributed by atoms with Crippen LogP contribution in [0.5, 0.6) is 0 Å². The van der Waals surface area contributed by atoms with Crippen molar-refractivity contribution in [1.82, 2.24) is 14.2 Å². The third-order valence-electron chi connectivity index (χ3n) is 4.62. The minimum atomic E-state index is -3.40. The monoisotopic (exact) mass is 416 g/mol. The fourth-order valence-electron chi connectivity index (χ4n) is 3.14. The predicted octanol–water partition coefficient (Wildman–Crippen LogP) is 2.98. The van der Waals surface area contributed by atoms with Crippen molar-refractivity contribution in [3.63, 3.8) is 0 Å². The van der Waals surface area contributed by atoms with Gasteiger partial charge in [-0.3, -0.25) is 5.32 Å². The first-order valence-corrected chi connectivity index (χ1v) is 11.4. The molecule has 2 heterocycles. The maximum Gasteiger partial charge on any atom is 0.323 e. The van der Waals surface area contributed by atoms with E-state index in [-0.39, 0.29) is 11.8 Å². The number of carbonyl (C=O) groups is 1. The van der Waals surface area contributed by atoms with E-state index in [0.717, 1.165) is 15.8 Å². The number of carbonyl (C=O) groups excluding carboxylic acids is 1. The Labute approximate surface area is 167 Å². The first-order valence-electron chi connectivity index (χ1n) is 8.94. The van der Waals surface area contributed by atoms with E-state index in [2.05, 4.69) is 10.3 Å². The average Bonchev–Trinajstić information content (AvgIpc) is 3.11. The molecule has 7 nitrogen and oxygen atoms in total. The Kier molecular flexibility index (Phi) is 5.29. The summed E-state index contributed by atoms with van der Waals surface area (Å²) in [7, 11) is -3.40. The van der Waals surface area contributed by atoms with Crippen molar-refractivity contribution >= 4 is 42.7 Å². The molecule has 0 unspecified atom stereocenters. The zero-order chi connectivity index (χ0) is 19.6. The molecule has 0 saturated carbocycles. The molecule has 0 radical (unpaired) electrons. The number of hydrogen-bond acceptors (Lipinski definition) is 5. The molecule has 28 heavy (non-hydrogen) atoms. The number of rotatable bonds is 4. The van der Waals surface area contributed by atoms with E-state index in [1.807, 2.05) is 42.5 Å². The molecule has 0 bridgehead atoms. The molecule has 3 aromatic rings. The van der Waals surface area contributed by atoms with Crippen molar-refractivity contribution in [2.45, 2.75) is 5.75 Å². The quantitative estimate of drug-likeness (QED) is 0.709. The highest BCUT2D eigenvalue weighted by molar-refractivity contribution is 7.88. The van der Waals surface area contributed by atoms with Gasteiger partial charge in [0.1, 0.15) is 0 Å². The molecule has 1 aromatic heterocycles. The molecule has 1 aliphatic heterocycles. The molecule has 1 saturated heterocycles. The van der Waals surface area contributed by atoms with Crippen LogP contribution in [0.2, 0.25) is 0 Å². The van der Waals surface area contributed by atoms with Crippen LogP contribution in [0.1, 0.15) is 5.56 Å². The number of aromatic nitrogens is 1. The van der Waals surface area contributed by atoms with Crippen molar-refractivity contribution in [3.05, 3.63) is 60.2 Å². The third-order valence-corrected chi connectivity index (χ3v) is 7.42. The molecule has 1 N–H and O–H groups in total. The molecule has 0 atom stereocenters. The van der Waals surface area contributed by atoms with Crippen LogP contribution >= 0.6 is 11.3 Å². The van der Waals surface area contributed by atoms with Crippen LogP contribution in [0.25, 0.3) is 10.2 Å². The van der Waals surface area contributed by atoms with Crippen molar-refractivity contribution in [2.24, 2.45) is 0 Å². The van der Waals surface area contributed by atoms with E-state index < -0.39 is 10.0 Å². The average molecular weight is 417 g/mol. The van der Waals surface area contributed by atoms with E-state index in [1.54, 1.807) is 17.0 Å². The first kappa shape index (κ1) is 18.9. The molecule has 0 spiro atoms. The first-order chi connectivity index (χ1) is 13.5. The van der Waals surface area contributed by atoms with Crippen molar-refractivity contribution < 1.29 is 13.2 Å². The fourth-order valence-corrected chi connectivity index (χ4v) is 5.51. The summed E-state index contributed by atoms with van der Waals surface area (Å²) in [6.45, 7) is 1.29. The van der Waals surface area contributed by atoms with Gasteiger partial charge >= 0.3 is 6.03 Å². The molecule has 1 fully saturated rings. The number of anilines is 1. The van der Waals surface area contributed by atoms with Gasteiger partial charge in [-0.05, 0) is 17.7 Å². The van der Waals surface area contributed by atoms with Gasteiger partial charge in [0.15, 0.2) is 5.13 Å². The van der Waals surface area contributed by atoms with E-state index in [4.69, 9.17) is 0 Å². The number of hydrogen-bond donors (Lipinski definition) is 1. The minimum absolute atomic E-state index is 0.0221. The summed E-state index contributed by atoms with van der Waals surface area (Å²) < 4.78 is 27.7. The second-order valence-electron chi connectivity index (χ2n) is 6.54. The maximum absolute atomic E-state index is 12.6. The number of fused-ring (bicyclic) bond motifs is 1. The standard InChI is InChI=1S/C19H20N4O3S2/c24-19(21-18-20-16-8-4-5-9-17(16)27-18)22-10-12-23(13-11-22)28(25,26)14-15-6-2-1-3-7-15/h1-9H,10-14H2,(H,20,21,24). The SMILES string of the molecule is O=C(Nc1nc2ccccc2s1)N1CCN(S(=O)(=O)Cc2ccccc2)CC1. The summed E-state index contributed by atoms with van der Waals surface area (Å²) >= 11 is 1.42. The molecular formula is C19H20N4O3S2. The molecule has 2 amide bonds. The van der Waals surface area contributed by atoms with Gasteiger partial charge in [-0.2, -0.15) is 4.31 Å². The van der Waals surface area contributed by atoms with Gasteiger partial charge in [0.05, 0.1) is 16.0 Å². The normalized spacial score (nSPS) is 15.6. The number of piperazine rings is 1. The van der Waals surface area contributed by atoms with Gasteiger partial charge < -0.3 is 4.90 Å². The van der Waals surface area contributed by atoms with Crippen LogP contribution in [0.3, 0.4) is 0 Å². The number of urea groups is 1. The van der Waals surface area contributed by atoms with Crippen LogP contribution in [0, 0.1) is 0 Å². The zero-order valence-electron chi connectivity index (χ0n) is 15.1. The van der Waals surface area contributed by atoms with E-state index in [9.17, 15) is 13.2 Å². The van der Waals surface area contributed by atoms with E-state index >= 15 is 0 Å². The Bertz CT molecular complexity index is 1040. The van der Waals surface area contributed by atoms with Crippen LogP contribution in [0.15, 0.2) is 54.6 Å². The maximum atomic E-state index is 12.6. The molecule has 9 heteroatoms. The number of benzene rings is 2. The van der Waals surface area contributed by atoms with Gasteiger partial charge in [-0.15, -0.1) is 0 Å². The van der Waals surface area contributed by atoms with Gasteiger partial charge in [0.25, 0.3) is 0 Å². The van der Waals surface area contributed by atoms with Crippen molar-refractivity contribution in [1.29, 1.82) is 0 Å². The molecule has 1 aliphatic rings. The summed E-state index contributed by atoms with van der Waals surface area (Å²) in [5.41, 5.74) is 1.61. The third kappa shape index (κ3) is 4.16. The Balaban J connectivity index is 1.34. The van der Waals surface area contributed by atoms with E-state index in [1.165, 1.54) is 15.6 Å². The lowest BCUT2D eigenvalue weighted by Gasteiger charge is -2.33. The number of nitrogens with one attached hydrogen (secondary N) is 1. The van der Waals surface area contributed by atoms with Crippen molar-refractivity contribution in [3.8, 4) is 0 Å². The molecule has 146 valence electrons. The van der Waals surface area contributed by atoms with Crippen molar-refractivity contribution in [2.75, 3.05) is 31.5 Å². The lowest BCUT2D eigenvalue weighted by Crippen LogP contribution is -2.51. The number of para-hydroxylation sites is 1. The van der Waals surface area contributed by atoms with Crippen LogP contribution in [-0.2, 0) is 15.8 Å². The Morgan fingerprint density at radius 2 is 1.68 bits per heavy atom. The van der Waals surface area contributed by atoms with Crippen LogP contribution in [0.4, 0.5) is 9.93 Å². The Hall–Kier alpha value is -2.49. The zero-order valence-corrected chi connectivity index (χ0v) is 16.7. The number of thiazole rings is 1. The van der Waals surface area contributed by atoms with Gasteiger partial charge in [0, 0.05) is 26.2 Å². The highest BCUT2D eigenvalue weighted by Crippen LogP contribution is 2.25. The van der Waals surface area contributed by atoms with Gasteiger partial charge in [0.2, 0.25) is 10.0 Å². The molecule has 0 aliphatic carbocycles. The largest absolute Gasteiger partial charge is 0.323 e. The fraction of sp³-hybridized carbons (Fsp3) is 0.263. The lowest BCUT2D eigenvalue weighted by atomic mass is 10.2. The van der Waals surface area contributed by atoms with E-state index in [0.29, 0.717) is 31.3 Å². The predicted molar refractivity (Wildman–Crippen MR) is 111 cm³/mol. The second kappa shape index (κ2) is 7.86. The summed E-state index contributed by atoms with van der Waals surface area (Å²) in [5, 5.41) is 3.37. The highest BCUT2D eigenvalue weighted by atomic mass is 32.2.